The number of ether oxygens (including phenoxy) is 1. The molecule has 1 aliphatic rings. The van der Waals surface area contributed by atoms with E-state index in [0.29, 0.717) is 0 Å². The fraction of sp³-hybridized carbons (Fsp3) is 0.545. The second kappa shape index (κ2) is 5.72. The fourth-order valence-corrected chi connectivity index (χ4v) is 1.80. The lowest BCUT2D eigenvalue weighted by Crippen LogP contribution is -2.27. The third-order valence-corrected chi connectivity index (χ3v) is 3.01. The van der Waals surface area contributed by atoms with Crippen LogP contribution in [0.15, 0.2) is 0 Å². The SMILES string of the molecule is CO[C]1[CH][CH]C(C#N)(CCCBr)C[CH]1. The summed E-state index contributed by atoms with van der Waals surface area (Å²) in [6.07, 6.45) is 9.38. The normalized spacial score (nSPS) is 21.8. The van der Waals surface area contributed by atoms with Gasteiger partial charge in [0.05, 0.1) is 11.5 Å². The summed E-state index contributed by atoms with van der Waals surface area (Å²) in [4.78, 5) is 0. The van der Waals surface area contributed by atoms with Crippen LogP contribution in [0.2, 0.25) is 0 Å². The van der Waals surface area contributed by atoms with Crippen molar-refractivity contribution < 1.29 is 4.74 Å². The summed E-state index contributed by atoms with van der Waals surface area (Å²) in [7, 11) is 1.65. The lowest BCUT2D eigenvalue weighted by atomic mass is 9.71. The molecule has 1 aliphatic carbocycles. The summed E-state index contributed by atoms with van der Waals surface area (Å²) < 4.78 is 5.09. The zero-order chi connectivity index (χ0) is 10.4. The second-order valence-corrected chi connectivity index (χ2v) is 4.20. The first kappa shape index (κ1) is 12.0. The number of halogens is 1. The molecule has 14 heavy (non-hydrogen) atoms. The van der Waals surface area contributed by atoms with Crippen molar-refractivity contribution in [3.8, 4) is 6.07 Å². The van der Waals surface area contributed by atoms with Crippen LogP contribution >= 0.6 is 15.9 Å². The largest absolute Gasteiger partial charge is 0.375 e. The number of methoxy groups -OCH3 is 1. The summed E-state index contributed by atoms with van der Waals surface area (Å²) in [5, 5.41) is 10.1. The maximum atomic E-state index is 9.14. The molecule has 1 atom stereocenters. The quantitative estimate of drug-likeness (QED) is 0.724. The Balaban J connectivity index is 2.45. The van der Waals surface area contributed by atoms with Gasteiger partial charge in [-0.15, -0.1) is 0 Å². The number of hydrogen-bond acceptors (Lipinski definition) is 2. The predicted molar refractivity (Wildman–Crippen MR) is 58.8 cm³/mol. The van der Waals surface area contributed by atoms with Crippen molar-refractivity contribution in [3.05, 3.63) is 25.4 Å². The topological polar surface area (TPSA) is 33.0 Å². The number of rotatable bonds is 4. The van der Waals surface area contributed by atoms with Crippen LogP contribution < -0.4 is 0 Å². The molecule has 1 saturated carbocycles. The van der Waals surface area contributed by atoms with Gasteiger partial charge in [0.2, 0.25) is 0 Å². The van der Waals surface area contributed by atoms with Gasteiger partial charge in [0.1, 0.15) is 6.10 Å². The molecule has 0 spiro atoms. The van der Waals surface area contributed by atoms with E-state index < -0.39 is 0 Å². The standard InChI is InChI=1S/C11H14BrNO/c1-14-10-3-6-11(9-13,7-4-10)5-2-8-12/h3-4,6H,2,5,7-8H2,1H3. The summed E-state index contributed by atoms with van der Waals surface area (Å²) in [5.74, 6) is 0. The van der Waals surface area contributed by atoms with E-state index in [-0.39, 0.29) is 5.41 Å². The molecule has 0 bridgehead atoms. The molecule has 76 valence electrons. The van der Waals surface area contributed by atoms with E-state index in [1.807, 2.05) is 19.3 Å². The Hall–Kier alpha value is -0.0700. The Morgan fingerprint density at radius 1 is 1.71 bits per heavy atom. The van der Waals surface area contributed by atoms with Crippen molar-refractivity contribution in [3.63, 3.8) is 0 Å². The van der Waals surface area contributed by atoms with Crippen molar-refractivity contribution in [2.75, 3.05) is 12.4 Å². The molecule has 1 fully saturated rings. The molecule has 0 saturated heterocycles. The minimum atomic E-state index is -0.310. The van der Waals surface area contributed by atoms with Gasteiger partial charge in [-0.1, -0.05) is 15.9 Å². The molecule has 0 aliphatic heterocycles. The van der Waals surface area contributed by atoms with Gasteiger partial charge in [-0.2, -0.15) is 5.26 Å². The van der Waals surface area contributed by atoms with E-state index in [9.17, 15) is 0 Å². The van der Waals surface area contributed by atoms with Gasteiger partial charge in [-0.25, -0.2) is 0 Å². The fourth-order valence-electron chi connectivity index (χ4n) is 1.52. The van der Waals surface area contributed by atoms with Crippen molar-refractivity contribution in [2.24, 2.45) is 5.41 Å². The van der Waals surface area contributed by atoms with Crippen LogP contribution in [0.3, 0.4) is 0 Å². The zero-order valence-corrected chi connectivity index (χ0v) is 9.88. The summed E-state index contributed by atoms with van der Waals surface area (Å²) in [6, 6.07) is 2.39. The number of alkyl halides is 1. The third-order valence-electron chi connectivity index (χ3n) is 2.45. The van der Waals surface area contributed by atoms with Crippen LogP contribution in [0.4, 0.5) is 0 Å². The minimum Gasteiger partial charge on any atom is -0.375 e. The molecule has 0 aromatic carbocycles. The van der Waals surface area contributed by atoms with E-state index in [1.54, 1.807) is 7.11 Å². The summed E-state index contributed by atoms with van der Waals surface area (Å²) in [5.41, 5.74) is -0.310. The Morgan fingerprint density at radius 2 is 2.50 bits per heavy atom. The Labute approximate surface area is 94.8 Å². The van der Waals surface area contributed by atoms with Gasteiger partial charge in [0, 0.05) is 18.9 Å². The van der Waals surface area contributed by atoms with Crippen LogP contribution in [0, 0.1) is 42.1 Å². The Morgan fingerprint density at radius 3 is 2.93 bits per heavy atom. The number of nitrogens with zero attached hydrogens (tertiary/aromatic N) is 1. The highest BCUT2D eigenvalue weighted by atomic mass is 79.9. The maximum Gasteiger partial charge on any atom is 0.104 e. The average molecular weight is 256 g/mol. The van der Waals surface area contributed by atoms with Crippen LogP contribution in [0.25, 0.3) is 0 Å². The minimum absolute atomic E-state index is 0.310. The van der Waals surface area contributed by atoms with Gasteiger partial charge >= 0.3 is 0 Å². The third kappa shape index (κ3) is 2.96. The lowest BCUT2D eigenvalue weighted by Gasteiger charge is -2.32. The maximum absolute atomic E-state index is 9.14. The lowest BCUT2D eigenvalue weighted by molar-refractivity contribution is 0.215. The smallest absolute Gasteiger partial charge is 0.104 e. The first-order chi connectivity index (χ1) is 6.76. The van der Waals surface area contributed by atoms with Gasteiger partial charge in [-0.3, -0.25) is 0 Å². The zero-order valence-electron chi connectivity index (χ0n) is 8.29. The monoisotopic (exact) mass is 255 g/mol. The molecular formula is C11H14BrNO. The number of nitriles is 1. The molecule has 3 heteroatoms. The van der Waals surface area contributed by atoms with Crippen LogP contribution in [0.5, 0.6) is 0 Å². The van der Waals surface area contributed by atoms with Gasteiger partial charge < -0.3 is 4.74 Å². The molecule has 0 heterocycles. The molecule has 4 radical (unpaired) electrons. The molecule has 0 amide bonds. The first-order valence-corrected chi connectivity index (χ1v) is 5.79. The molecule has 0 aromatic rings. The van der Waals surface area contributed by atoms with Crippen molar-refractivity contribution in [1.29, 1.82) is 5.26 Å². The van der Waals surface area contributed by atoms with Crippen LogP contribution in [-0.4, -0.2) is 12.4 Å². The van der Waals surface area contributed by atoms with E-state index >= 15 is 0 Å². The van der Waals surface area contributed by atoms with Crippen molar-refractivity contribution >= 4 is 15.9 Å². The predicted octanol–water partition coefficient (Wildman–Crippen LogP) is 2.87. The van der Waals surface area contributed by atoms with Gasteiger partial charge in [-0.05, 0) is 32.1 Å². The highest BCUT2D eigenvalue weighted by molar-refractivity contribution is 9.09. The van der Waals surface area contributed by atoms with E-state index in [2.05, 4.69) is 22.0 Å². The molecular weight excluding hydrogens is 242 g/mol. The van der Waals surface area contributed by atoms with Crippen molar-refractivity contribution in [2.45, 2.75) is 19.3 Å². The average Bonchev–Trinajstić information content (AvgIpc) is 2.27. The molecule has 2 nitrogen and oxygen atoms in total. The summed E-state index contributed by atoms with van der Waals surface area (Å²) in [6.45, 7) is 0. The van der Waals surface area contributed by atoms with Crippen LogP contribution in [-0.2, 0) is 4.74 Å². The molecule has 1 rings (SSSR count). The second-order valence-electron chi connectivity index (χ2n) is 3.41. The molecule has 1 unspecified atom stereocenters. The van der Waals surface area contributed by atoms with E-state index in [4.69, 9.17) is 10.00 Å². The van der Waals surface area contributed by atoms with E-state index in [1.165, 1.54) is 0 Å². The highest BCUT2D eigenvalue weighted by Gasteiger charge is 2.35. The van der Waals surface area contributed by atoms with Gasteiger partial charge in [0.15, 0.2) is 0 Å². The number of hydrogen-bond donors (Lipinski definition) is 0. The first-order valence-electron chi connectivity index (χ1n) is 4.67. The van der Waals surface area contributed by atoms with Crippen LogP contribution in [0.1, 0.15) is 19.3 Å². The highest BCUT2D eigenvalue weighted by Crippen LogP contribution is 2.41. The molecule has 0 N–H and O–H groups in total. The van der Waals surface area contributed by atoms with Gasteiger partial charge in [0.25, 0.3) is 0 Å². The summed E-state index contributed by atoms with van der Waals surface area (Å²) >= 11 is 3.38. The van der Waals surface area contributed by atoms with E-state index in [0.717, 1.165) is 30.7 Å². The Bertz CT molecular complexity index is 204. The molecule has 0 aromatic heterocycles. The Kier molecular flexibility index (Phi) is 4.91. The van der Waals surface area contributed by atoms with Crippen molar-refractivity contribution in [1.82, 2.24) is 0 Å².